The lowest BCUT2D eigenvalue weighted by Gasteiger charge is -2.23. The molecule has 6 amide bonds. The molecule has 0 saturated carbocycles. The van der Waals surface area contributed by atoms with Gasteiger partial charge in [-0.25, -0.2) is 0 Å². The van der Waals surface area contributed by atoms with Crippen molar-refractivity contribution in [1.29, 1.82) is 0 Å². The maximum Gasteiger partial charge on any atom is 0.276 e. The molecule has 0 radical (unpaired) electrons. The zero-order chi connectivity index (χ0) is 58.5. The molecule has 20 nitrogen and oxygen atoms in total. The largest absolute Gasteiger partial charge is 0.493 e. The predicted molar refractivity (Wildman–Crippen MR) is 316 cm³/mol. The van der Waals surface area contributed by atoms with E-state index in [9.17, 15) is 41.7 Å². The summed E-state index contributed by atoms with van der Waals surface area (Å²) in [7, 11) is 0.882. The molecule has 5 aliphatic rings. The van der Waals surface area contributed by atoms with Crippen LogP contribution in [0.15, 0.2) is 120 Å². The number of aliphatic imine (C=N–C) groups is 1. The summed E-state index contributed by atoms with van der Waals surface area (Å²) in [5, 5.41) is 7.11. The Kier molecular flexibility index (Phi) is 18.0. The average molecular weight is 1170 g/mol. The summed E-state index contributed by atoms with van der Waals surface area (Å²) < 4.78 is 58.3. The molecule has 0 bridgehead atoms. The highest BCUT2D eigenvalue weighted by Crippen LogP contribution is 2.44. The Morgan fingerprint density at radius 3 is 2.24 bits per heavy atom. The van der Waals surface area contributed by atoms with Crippen molar-refractivity contribution in [3.63, 3.8) is 0 Å². The van der Waals surface area contributed by atoms with Gasteiger partial charge in [-0.15, -0.1) is 0 Å². The van der Waals surface area contributed by atoms with E-state index >= 15 is 0 Å². The highest BCUT2D eigenvalue weighted by Gasteiger charge is 2.39. The number of nitrogens with one attached hydrogen (secondary N) is 3. The molecule has 1 unspecified atom stereocenters. The fourth-order valence-corrected chi connectivity index (χ4v) is 13.9. The quantitative estimate of drug-likeness (QED) is 0.0222. The predicted octanol–water partition coefficient (Wildman–Crippen LogP) is 8.37. The number of benzene rings is 4. The number of fused-ring (bicyclic) bond motifs is 6. The molecule has 0 aromatic heterocycles. The molecule has 0 fully saturated rings. The summed E-state index contributed by atoms with van der Waals surface area (Å²) in [6.45, 7) is 9.91. The number of nitrogens with zero attached hydrogens (tertiary/aromatic N) is 4. The van der Waals surface area contributed by atoms with Gasteiger partial charge >= 0.3 is 0 Å². The van der Waals surface area contributed by atoms with E-state index in [-0.39, 0.29) is 74.7 Å². The van der Waals surface area contributed by atoms with Gasteiger partial charge in [0, 0.05) is 90.5 Å². The van der Waals surface area contributed by atoms with Crippen LogP contribution < -0.4 is 39.8 Å². The first kappa shape index (κ1) is 58.8. The second-order valence-electron chi connectivity index (χ2n) is 20.5. The third-order valence-electron chi connectivity index (χ3n) is 14.4. The number of methoxy groups -OCH3 is 2. The molecule has 23 heteroatoms. The fourth-order valence-electron chi connectivity index (χ4n) is 10.4. The molecular weight excluding hydrogens is 1110 g/mol. The zero-order valence-electron chi connectivity index (χ0n) is 45.9. The number of carbonyl (C=O) groups is 6. The summed E-state index contributed by atoms with van der Waals surface area (Å²) in [6.07, 6.45) is 11.1. The maximum absolute atomic E-state index is 14.2. The van der Waals surface area contributed by atoms with Crippen molar-refractivity contribution in [2.45, 2.75) is 88.2 Å². The number of para-hydroxylation sites is 1. The van der Waals surface area contributed by atoms with E-state index in [1.54, 1.807) is 53.6 Å². The van der Waals surface area contributed by atoms with Gasteiger partial charge in [-0.3, -0.25) is 48.1 Å². The molecule has 3 atom stereocenters. The highest BCUT2D eigenvalue weighted by molar-refractivity contribution is 8.77. The van der Waals surface area contributed by atoms with Crippen LogP contribution in [-0.2, 0) is 48.9 Å². The smallest absolute Gasteiger partial charge is 0.276 e. The molecule has 4 aromatic rings. The van der Waals surface area contributed by atoms with E-state index in [1.807, 2.05) is 68.2 Å². The fraction of sp³-hybridized carbons (Fsp3) is 0.339. The van der Waals surface area contributed by atoms with Gasteiger partial charge in [0.15, 0.2) is 28.2 Å². The second kappa shape index (κ2) is 25.1. The maximum atomic E-state index is 14.2. The summed E-state index contributed by atoms with van der Waals surface area (Å²) in [6, 6.07) is 19.7. The van der Waals surface area contributed by atoms with Crippen molar-refractivity contribution in [1.82, 2.24) is 15.1 Å². The standard InChI is InChI=1S/C59H63N7O13S3/c1-7-11-37-25-40-31-61-44-29-50(48(76-5)27-42(44)57(71)65(40)46(37)8-2)78-33-35-22-36(34-79-51-30-45-43(28-49(51)77-6)58(72)66-41(32-62-45)26-38-12-9-10-13-47(38)66)24-39(23-35)63-53(67)16-18-59(3,4)81-80-21-17-52(82(73,74)75)56(70)60-19-20-64-54(68)14-15-55(64)69/h7-15,22-24,27-31,40-41,52,62H,2,16-21,25-26,32-34H2,1,3-6H3,(H,60,70)(H,63,67)(H,73,74,75)/b11-7-/t40-,41-,52?/m0/s1. The normalized spacial score (nSPS) is 17.6. The number of rotatable bonds is 24. The Labute approximate surface area is 483 Å². The van der Waals surface area contributed by atoms with Crippen LogP contribution in [0.2, 0.25) is 0 Å². The van der Waals surface area contributed by atoms with Crippen LogP contribution in [0.5, 0.6) is 23.0 Å². The van der Waals surface area contributed by atoms with Gasteiger partial charge in [-0.2, -0.15) is 8.42 Å². The minimum Gasteiger partial charge on any atom is -0.493 e. The lowest BCUT2D eigenvalue weighted by Crippen LogP contribution is -2.44. The lowest BCUT2D eigenvalue weighted by molar-refractivity contribution is -0.137. The van der Waals surface area contributed by atoms with Gasteiger partial charge in [-0.1, -0.05) is 58.5 Å². The van der Waals surface area contributed by atoms with Crippen molar-refractivity contribution in [3.8, 4) is 23.0 Å². The van der Waals surface area contributed by atoms with E-state index in [4.69, 9.17) is 23.9 Å². The van der Waals surface area contributed by atoms with Crippen LogP contribution in [0, 0.1) is 0 Å². The molecule has 82 heavy (non-hydrogen) atoms. The van der Waals surface area contributed by atoms with Gasteiger partial charge in [0.05, 0.1) is 48.8 Å². The van der Waals surface area contributed by atoms with Gasteiger partial charge in [-0.05, 0) is 105 Å². The highest BCUT2D eigenvalue weighted by atomic mass is 33.1. The van der Waals surface area contributed by atoms with E-state index in [0.717, 1.165) is 46.0 Å². The summed E-state index contributed by atoms with van der Waals surface area (Å²) in [5.41, 5.74) is 7.24. The Morgan fingerprint density at radius 1 is 0.902 bits per heavy atom. The number of carbonyl (C=O) groups excluding carboxylic acids is 6. The lowest BCUT2D eigenvalue weighted by atomic mass is 10.1. The molecule has 0 aliphatic carbocycles. The summed E-state index contributed by atoms with van der Waals surface area (Å²) in [4.78, 5) is 87.8. The SMILES string of the molecule is C=CC1=C(/C=C\C)C[C@H]2C=Nc3cc(OCc4cc(COc5cc6c(cc5OC)C(=O)N5c7ccccc7C[C@H]5CN6)cc(NC(=O)CCC(C)(C)SSCCC(C(=O)NCCN5C(=O)C=CC5=O)S(=O)(=O)O)c4)c(OC)cc3C(=O)N12. The second-order valence-corrected chi connectivity index (χ2v) is 25.2. The Balaban J connectivity index is 0.887. The molecule has 4 N–H and O–H groups in total. The number of ether oxygens (including phenoxy) is 4. The number of imide groups is 1. The van der Waals surface area contributed by atoms with Crippen LogP contribution in [0.1, 0.15) is 83.9 Å². The Bertz CT molecular complexity index is 3470. The molecule has 0 spiro atoms. The van der Waals surface area contributed by atoms with Gasteiger partial charge < -0.3 is 39.8 Å². The number of amides is 6. The van der Waals surface area contributed by atoms with Gasteiger partial charge in [0.1, 0.15) is 13.2 Å². The Hall–Kier alpha value is -7.86. The van der Waals surface area contributed by atoms with Crippen LogP contribution in [0.4, 0.5) is 22.7 Å². The van der Waals surface area contributed by atoms with Crippen LogP contribution >= 0.6 is 21.6 Å². The molecule has 4 aromatic carbocycles. The first-order valence-electron chi connectivity index (χ1n) is 26.5. The van der Waals surface area contributed by atoms with E-state index in [0.29, 0.717) is 81.7 Å². The molecular formula is C59H63N7O13S3. The molecule has 9 rings (SSSR count). The topological polar surface area (TPSA) is 252 Å². The van der Waals surface area contributed by atoms with Gasteiger partial charge in [0.25, 0.3) is 33.7 Å². The third kappa shape index (κ3) is 13.1. The van der Waals surface area contributed by atoms with Crippen molar-refractivity contribution in [2.75, 3.05) is 55.1 Å². The monoisotopic (exact) mass is 1170 g/mol. The van der Waals surface area contributed by atoms with Crippen molar-refractivity contribution < 1.29 is 60.7 Å². The first-order valence-corrected chi connectivity index (χ1v) is 30.3. The first-order chi connectivity index (χ1) is 39.3. The molecule has 430 valence electrons. The number of hydrogen-bond acceptors (Lipinski definition) is 16. The summed E-state index contributed by atoms with van der Waals surface area (Å²) in [5.74, 6) is -1.23. The zero-order valence-corrected chi connectivity index (χ0v) is 48.3. The minimum atomic E-state index is -4.79. The van der Waals surface area contributed by atoms with Crippen LogP contribution in [0.25, 0.3) is 0 Å². The summed E-state index contributed by atoms with van der Waals surface area (Å²) >= 11 is 0. The van der Waals surface area contributed by atoms with Crippen molar-refractivity contribution in [2.24, 2.45) is 4.99 Å². The minimum absolute atomic E-state index is 0.00875. The number of allylic oxidation sites excluding steroid dienone is 3. The van der Waals surface area contributed by atoms with Crippen molar-refractivity contribution in [3.05, 3.63) is 143 Å². The molecule has 0 saturated heterocycles. The molecule has 5 heterocycles. The Morgan fingerprint density at radius 2 is 1.57 bits per heavy atom. The van der Waals surface area contributed by atoms with Gasteiger partial charge in [0.2, 0.25) is 11.8 Å². The van der Waals surface area contributed by atoms with E-state index in [2.05, 4.69) is 22.5 Å². The van der Waals surface area contributed by atoms with Crippen molar-refractivity contribution >= 4 is 96.1 Å². The van der Waals surface area contributed by atoms with Crippen LogP contribution in [-0.4, -0.2) is 126 Å². The van der Waals surface area contributed by atoms with Crippen LogP contribution in [0.3, 0.4) is 0 Å². The average Bonchev–Trinajstić information content (AvgIpc) is 3.18. The third-order valence-corrected chi connectivity index (χ3v) is 18.9. The molecule has 5 aliphatic heterocycles. The van der Waals surface area contributed by atoms with E-state index in [1.165, 1.54) is 35.8 Å². The number of anilines is 3. The number of hydrogen-bond donors (Lipinski definition) is 4. The van der Waals surface area contributed by atoms with E-state index < -0.39 is 37.8 Å².